The molecule has 0 amide bonds. The maximum absolute atomic E-state index is 13.5. The predicted molar refractivity (Wildman–Crippen MR) is 56.8 cm³/mol. The lowest BCUT2D eigenvalue weighted by atomic mass is 10.2. The van der Waals surface area contributed by atoms with Crippen molar-refractivity contribution >= 4 is 5.69 Å². The molecule has 9 heteroatoms. The van der Waals surface area contributed by atoms with Gasteiger partial charge in [-0.1, -0.05) is 12.1 Å². The van der Waals surface area contributed by atoms with Crippen molar-refractivity contribution in [3.63, 3.8) is 0 Å². The van der Waals surface area contributed by atoms with E-state index < -0.39 is 35.3 Å². The van der Waals surface area contributed by atoms with E-state index in [1.807, 2.05) is 0 Å². The zero-order valence-electron chi connectivity index (χ0n) is 9.45. The first-order chi connectivity index (χ1) is 8.73. The van der Waals surface area contributed by atoms with E-state index in [1.54, 1.807) is 0 Å². The van der Waals surface area contributed by atoms with E-state index >= 15 is 0 Å². The number of nitrogens with one attached hydrogen (secondary N) is 1. The average molecular weight is 282 g/mol. The van der Waals surface area contributed by atoms with Crippen molar-refractivity contribution in [1.82, 2.24) is 5.32 Å². The van der Waals surface area contributed by atoms with Gasteiger partial charge in [0.25, 0.3) is 0 Å². The highest BCUT2D eigenvalue weighted by Crippen LogP contribution is 2.21. The number of hydrogen-bond acceptors (Lipinski definition) is 4. The van der Waals surface area contributed by atoms with E-state index in [0.717, 1.165) is 6.07 Å². The standard InChI is InChI=1S/C10H10F4N2O3/c11-9-6(2-1-3-7(9)16(18)19)4-15-5-8(17)10(12,13)14/h1-3,8,15,17H,4-5H2. The minimum atomic E-state index is -4.77. The smallest absolute Gasteiger partial charge is 0.382 e. The molecule has 1 rings (SSSR count). The molecule has 0 bridgehead atoms. The summed E-state index contributed by atoms with van der Waals surface area (Å²) < 4.78 is 49.4. The van der Waals surface area contributed by atoms with Crippen LogP contribution in [0.2, 0.25) is 0 Å². The number of nitro groups is 1. The van der Waals surface area contributed by atoms with Crippen LogP contribution in [0.4, 0.5) is 23.2 Å². The molecule has 1 aromatic carbocycles. The maximum Gasteiger partial charge on any atom is 0.415 e. The monoisotopic (exact) mass is 282 g/mol. The van der Waals surface area contributed by atoms with Gasteiger partial charge in [-0.2, -0.15) is 17.6 Å². The first-order valence-corrected chi connectivity index (χ1v) is 5.10. The van der Waals surface area contributed by atoms with Crippen molar-refractivity contribution in [3.05, 3.63) is 39.7 Å². The van der Waals surface area contributed by atoms with Crippen LogP contribution in [-0.2, 0) is 6.54 Å². The van der Waals surface area contributed by atoms with Crippen LogP contribution in [0.3, 0.4) is 0 Å². The maximum atomic E-state index is 13.5. The van der Waals surface area contributed by atoms with Gasteiger partial charge in [0, 0.05) is 24.7 Å². The molecule has 2 N–H and O–H groups in total. The molecule has 1 atom stereocenters. The van der Waals surface area contributed by atoms with Crippen molar-refractivity contribution in [1.29, 1.82) is 0 Å². The lowest BCUT2D eigenvalue weighted by Crippen LogP contribution is -2.38. The molecule has 0 radical (unpaired) electrons. The van der Waals surface area contributed by atoms with Crippen LogP contribution in [0.1, 0.15) is 5.56 Å². The summed E-state index contributed by atoms with van der Waals surface area (Å²) in [5.41, 5.74) is -0.903. The van der Waals surface area contributed by atoms with E-state index in [2.05, 4.69) is 5.32 Å². The van der Waals surface area contributed by atoms with E-state index in [-0.39, 0.29) is 12.1 Å². The fourth-order valence-electron chi connectivity index (χ4n) is 1.30. The van der Waals surface area contributed by atoms with Gasteiger partial charge in [-0.3, -0.25) is 10.1 Å². The van der Waals surface area contributed by atoms with Crippen LogP contribution in [-0.4, -0.2) is 28.9 Å². The van der Waals surface area contributed by atoms with Gasteiger partial charge in [0.2, 0.25) is 5.82 Å². The SMILES string of the molecule is O=[N+]([O-])c1cccc(CNCC(O)C(F)(F)F)c1F. The van der Waals surface area contributed by atoms with Gasteiger partial charge in [0.05, 0.1) is 4.92 Å². The van der Waals surface area contributed by atoms with Crippen LogP contribution in [0, 0.1) is 15.9 Å². The van der Waals surface area contributed by atoms with Gasteiger partial charge < -0.3 is 10.4 Å². The molecule has 1 aromatic rings. The third-order valence-corrected chi connectivity index (χ3v) is 2.29. The summed E-state index contributed by atoms with van der Waals surface area (Å²) in [5, 5.41) is 21.3. The van der Waals surface area contributed by atoms with Crippen LogP contribution in [0.15, 0.2) is 18.2 Å². The van der Waals surface area contributed by atoms with Crippen molar-refractivity contribution in [2.75, 3.05) is 6.54 Å². The number of nitrogens with zero attached hydrogens (tertiary/aromatic N) is 1. The normalized spacial score (nSPS) is 13.3. The highest BCUT2D eigenvalue weighted by atomic mass is 19.4. The summed E-state index contributed by atoms with van der Waals surface area (Å²) in [4.78, 5) is 9.52. The molecule has 0 aromatic heterocycles. The summed E-state index contributed by atoms with van der Waals surface area (Å²) in [7, 11) is 0. The lowest BCUT2D eigenvalue weighted by Gasteiger charge is -2.15. The summed E-state index contributed by atoms with van der Waals surface area (Å²) in [6.45, 7) is -1.19. The fourth-order valence-corrected chi connectivity index (χ4v) is 1.30. The molecule has 0 saturated carbocycles. The minimum absolute atomic E-state index is 0.149. The predicted octanol–water partition coefficient (Wildman–Crippen LogP) is 1.75. The Morgan fingerprint density at radius 3 is 2.58 bits per heavy atom. The Morgan fingerprint density at radius 1 is 1.42 bits per heavy atom. The van der Waals surface area contributed by atoms with Gasteiger partial charge in [-0.05, 0) is 0 Å². The molecule has 0 fully saturated rings. The van der Waals surface area contributed by atoms with Crippen LogP contribution in [0.25, 0.3) is 0 Å². The van der Waals surface area contributed by atoms with Crippen molar-refractivity contribution in [3.8, 4) is 0 Å². The molecular weight excluding hydrogens is 272 g/mol. The zero-order chi connectivity index (χ0) is 14.6. The number of halogens is 4. The first-order valence-electron chi connectivity index (χ1n) is 5.10. The van der Waals surface area contributed by atoms with E-state index in [9.17, 15) is 27.7 Å². The second-order valence-corrected chi connectivity index (χ2v) is 3.70. The molecule has 0 aliphatic carbocycles. The summed E-state index contributed by atoms with van der Waals surface area (Å²) >= 11 is 0. The fraction of sp³-hybridized carbons (Fsp3) is 0.400. The molecule has 0 aliphatic rings. The topological polar surface area (TPSA) is 75.4 Å². The number of aliphatic hydroxyl groups excluding tert-OH is 1. The van der Waals surface area contributed by atoms with Crippen LogP contribution < -0.4 is 5.32 Å². The summed E-state index contributed by atoms with van der Waals surface area (Å²) in [5.74, 6) is -1.11. The van der Waals surface area contributed by atoms with Gasteiger partial charge in [-0.15, -0.1) is 0 Å². The molecule has 0 saturated heterocycles. The first kappa shape index (κ1) is 15.3. The second kappa shape index (κ2) is 5.93. The molecule has 1 unspecified atom stereocenters. The van der Waals surface area contributed by atoms with Gasteiger partial charge >= 0.3 is 11.9 Å². The molecule has 106 valence electrons. The van der Waals surface area contributed by atoms with E-state index in [4.69, 9.17) is 5.11 Å². The molecular formula is C10H10F4N2O3. The molecule has 0 heterocycles. The Bertz CT molecular complexity index is 465. The zero-order valence-corrected chi connectivity index (χ0v) is 9.45. The number of hydrogen-bond donors (Lipinski definition) is 2. The number of rotatable bonds is 5. The van der Waals surface area contributed by atoms with Crippen molar-refractivity contribution in [2.24, 2.45) is 0 Å². The molecule has 0 aliphatic heterocycles. The highest BCUT2D eigenvalue weighted by Gasteiger charge is 2.37. The van der Waals surface area contributed by atoms with Crippen molar-refractivity contribution in [2.45, 2.75) is 18.8 Å². The minimum Gasteiger partial charge on any atom is -0.382 e. The Labute approximate surface area is 105 Å². The van der Waals surface area contributed by atoms with Crippen molar-refractivity contribution < 1.29 is 27.6 Å². The Kier molecular flexibility index (Phi) is 4.78. The largest absolute Gasteiger partial charge is 0.415 e. The molecule has 0 spiro atoms. The molecule has 5 nitrogen and oxygen atoms in total. The van der Waals surface area contributed by atoms with Crippen LogP contribution in [0.5, 0.6) is 0 Å². The molecule has 19 heavy (non-hydrogen) atoms. The average Bonchev–Trinajstić information content (AvgIpc) is 2.29. The summed E-state index contributed by atoms with van der Waals surface area (Å²) in [6.07, 6.45) is -7.34. The second-order valence-electron chi connectivity index (χ2n) is 3.70. The van der Waals surface area contributed by atoms with Gasteiger partial charge in [0.1, 0.15) is 0 Å². The number of benzene rings is 1. The summed E-state index contributed by atoms with van der Waals surface area (Å²) in [6, 6.07) is 3.37. The Balaban J connectivity index is 2.64. The Hall–Kier alpha value is -1.74. The third-order valence-electron chi connectivity index (χ3n) is 2.29. The number of aliphatic hydroxyl groups is 1. The van der Waals surface area contributed by atoms with E-state index in [1.165, 1.54) is 12.1 Å². The van der Waals surface area contributed by atoms with Gasteiger partial charge in [-0.25, -0.2) is 0 Å². The lowest BCUT2D eigenvalue weighted by molar-refractivity contribution is -0.387. The Morgan fingerprint density at radius 2 is 2.05 bits per heavy atom. The number of nitro benzene ring substituents is 1. The van der Waals surface area contributed by atoms with Crippen LogP contribution >= 0.6 is 0 Å². The van der Waals surface area contributed by atoms with E-state index in [0.29, 0.717) is 0 Å². The number of alkyl halides is 3. The quantitative estimate of drug-likeness (QED) is 0.490. The highest BCUT2D eigenvalue weighted by molar-refractivity contribution is 5.36. The third kappa shape index (κ3) is 4.14. The van der Waals surface area contributed by atoms with Gasteiger partial charge in [0.15, 0.2) is 6.10 Å².